The standard InChI is InChI=1S/C14H17FO/c1-2-3-4-5-7-11-10-16-13-9-6-8-12(15)14(11)13/h6,8-10H,2-5,7H2,1H3. The molecule has 0 bridgehead atoms. The van der Waals surface area contributed by atoms with Crippen LogP contribution in [0.1, 0.15) is 38.2 Å². The van der Waals surface area contributed by atoms with Crippen molar-refractivity contribution < 1.29 is 8.81 Å². The third-order valence-electron chi connectivity index (χ3n) is 2.92. The summed E-state index contributed by atoms with van der Waals surface area (Å²) < 4.78 is 18.9. The first-order valence-electron chi connectivity index (χ1n) is 5.97. The molecule has 0 amide bonds. The molecule has 0 aliphatic carbocycles. The Morgan fingerprint density at radius 1 is 1.19 bits per heavy atom. The zero-order valence-corrected chi connectivity index (χ0v) is 9.63. The second-order valence-electron chi connectivity index (χ2n) is 4.18. The highest BCUT2D eigenvalue weighted by Crippen LogP contribution is 2.25. The topological polar surface area (TPSA) is 13.1 Å². The van der Waals surface area contributed by atoms with Crippen molar-refractivity contribution in [1.29, 1.82) is 0 Å². The van der Waals surface area contributed by atoms with E-state index in [4.69, 9.17) is 4.42 Å². The number of rotatable bonds is 5. The van der Waals surface area contributed by atoms with Gasteiger partial charge in [-0.05, 0) is 25.0 Å². The lowest BCUT2D eigenvalue weighted by Crippen LogP contribution is -1.86. The van der Waals surface area contributed by atoms with Gasteiger partial charge < -0.3 is 4.42 Å². The van der Waals surface area contributed by atoms with E-state index in [2.05, 4.69) is 6.92 Å². The Morgan fingerprint density at radius 3 is 2.88 bits per heavy atom. The summed E-state index contributed by atoms with van der Waals surface area (Å²) in [5.41, 5.74) is 1.66. The molecule has 0 saturated carbocycles. The molecule has 0 radical (unpaired) electrons. The van der Waals surface area contributed by atoms with Gasteiger partial charge in [-0.15, -0.1) is 0 Å². The van der Waals surface area contributed by atoms with Crippen molar-refractivity contribution in [3.8, 4) is 0 Å². The van der Waals surface area contributed by atoms with E-state index >= 15 is 0 Å². The molecule has 1 heterocycles. The van der Waals surface area contributed by atoms with Crippen molar-refractivity contribution in [3.05, 3.63) is 35.8 Å². The van der Waals surface area contributed by atoms with Gasteiger partial charge in [0, 0.05) is 5.56 Å². The zero-order chi connectivity index (χ0) is 11.4. The lowest BCUT2D eigenvalue weighted by atomic mass is 10.1. The number of halogens is 1. The van der Waals surface area contributed by atoms with Gasteiger partial charge in [0.15, 0.2) is 0 Å². The van der Waals surface area contributed by atoms with Gasteiger partial charge in [-0.1, -0.05) is 32.3 Å². The predicted octanol–water partition coefficient (Wildman–Crippen LogP) is 4.69. The molecule has 2 aromatic rings. The Hall–Kier alpha value is -1.31. The number of aryl methyl sites for hydroxylation is 1. The van der Waals surface area contributed by atoms with E-state index in [1.165, 1.54) is 25.3 Å². The predicted molar refractivity (Wildman–Crippen MR) is 64.0 cm³/mol. The van der Waals surface area contributed by atoms with Crippen LogP contribution in [-0.2, 0) is 6.42 Å². The molecule has 0 atom stereocenters. The molecule has 0 N–H and O–H groups in total. The number of furan rings is 1. The number of fused-ring (bicyclic) bond motifs is 1. The van der Waals surface area contributed by atoms with Crippen molar-refractivity contribution in [3.63, 3.8) is 0 Å². The molecule has 1 aromatic heterocycles. The lowest BCUT2D eigenvalue weighted by molar-refractivity contribution is 0.603. The second-order valence-corrected chi connectivity index (χ2v) is 4.18. The van der Waals surface area contributed by atoms with Crippen molar-refractivity contribution in [2.75, 3.05) is 0 Å². The molecule has 0 spiro atoms. The van der Waals surface area contributed by atoms with Crippen LogP contribution in [0.2, 0.25) is 0 Å². The van der Waals surface area contributed by atoms with Gasteiger partial charge >= 0.3 is 0 Å². The number of hydrogen-bond acceptors (Lipinski definition) is 1. The number of unbranched alkanes of at least 4 members (excludes halogenated alkanes) is 3. The monoisotopic (exact) mass is 220 g/mol. The number of benzene rings is 1. The Balaban J connectivity index is 2.12. The first-order chi connectivity index (χ1) is 7.83. The van der Waals surface area contributed by atoms with Crippen LogP contribution in [-0.4, -0.2) is 0 Å². The summed E-state index contributed by atoms with van der Waals surface area (Å²) in [6.07, 6.45) is 7.39. The molecule has 1 nitrogen and oxygen atoms in total. The van der Waals surface area contributed by atoms with Crippen molar-refractivity contribution in [2.45, 2.75) is 39.0 Å². The Morgan fingerprint density at radius 2 is 2.06 bits per heavy atom. The summed E-state index contributed by atoms with van der Waals surface area (Å²) in [7, 11) is 0. The van der Waals surface area contributed by atoms with Crippen LogP contribution in [0.3, 0.4) is 0 Å². The third-order valence-corrected chi connectivity index (χ3v) is 2.92. The fourth-order valence-electron chi connectivity index (χ4n) is 2.03. The molecule has 86 valence electrons. The van der Waals surface area contributed by atoms with Crippen molar-refractivity contribution in [1.82, 2.24) is 0 Å². The minimum Gasteiger partial charge on any atom is -0.464 e. The van der Waals surface area contributed by atoms with E-state index in [9.17, 15) is 4.39 Å². The van der Waals surface area contributed by atoms with E-state index in [0.717, 1.165) is 18.4 Å². The van der Waals surface area contributed by atoms with Crippen LogP contribution >= 0.6 is 0 Å². The Bertz CT molecular complexity index is 459. The van der Waals surface area contributed by atoms with Crippen LogP contribution in [0, 0.1) is 5.82 Å². The fraction of sp³-hybridized carbons (Fsp3) is 0.429. The summed E-state index contributed by atoms with van der Waals surface area (Å²) in [6, 6.07) is 4.99. The van der Waals surface area contributed by atoms with Crippen LogP contribution in [0.5, 0.6) is 0 Å². The van der Waals surface area contributed by atoms with E-state index in [1.807, 2.05) is 6.07 Å². The summed E-state index contributed by atoms with van der Waals surface area (Å²) in [5.74, 6) is -0.170. The summed E-state index contributed by atoms with van der Waals surface area (Å²) in [4.78, 5) is 0. The largest absolute Gasteiger partial charge is 0.464 e. The van der Waals surface area contributed by atoms with E-state index in [-0.39, 0.29) is 5.82 Å². The van der Waals surface area contributed by atoms with Crippen LogP contribution < -0.4 is 0 Å². The number of hydrogen-bond donors (Lipinski definition) is 0. The fourth-order valence-corrected chi connectivity index (χ4v) is 2.03. The maximum absolute atomic E-state index is 13.6. The average molecular weight is 220 g/mol. The quantitative estimate of drug-likeness (QED) is 0.666. The normalized spacial score (nSPS) is 11.1. The minimum atomic E-state index is -0.170. The molecule has 2 heteroatoms. The van der Waals surface area contributed by atoms with Crippen LogP contribution in [0.25, 0.3) is 11.0 Å². The van der Waals surface area contributed by atoms with Gasteiger partial charge in [0.25, 0.3) is 0 Å². The summed E-state index contributed by atoms with van der Waals surface area (Å²) in [6.45, 7) is 2.19. The molecule has 0 aliphatic heterocycles. The first-order valence-corrected chi connectivity index (χ1v) is 5.97. The third kappa shape index (κ3) is 2.26. The van der Waals surface area contributed by atoms with Crippen molar-refractivity contribution >= 4 is 11.0 Å². The van der Waals surface area contributed by atoms with Gasteiger partial charge in [-0.25, -0.2) is 4.39 Å². The van der Waals surface area contributed by atoms with Gasteiger partial charge in [-0.3, -0.25) is 0 Å². The molecule has 16 heavy (non-hydrogen) atoms. The molecule has 2 rings (SSSR count). The highest BCUT2D eigenvalue weighted by Gasteiger charge is 2.09. The maximum atomic E-state index is 13.6. The van der Waals surface area contributed by atoms with Gasteiger partial charge in [0.2, 0.25) is 0 Å². The lowest BCUT2D eigenvalue weighted by Gasteiger charge is -1.99. The smallest absolute Gasteiger partial charge is 0.137 e. The van der Waals surface area contributed by atoms with Gasteiger partial charge in [-0.2, -0.15) is 0 Å². The highest BCUT2D eigenvalue weighted by atomic mass is 19.1. The molecule has 0 aliphatic rings. The molecule has 0 unspecified atom stereocenters. The van der Waals surface area contributed by atoms with E-state index in [0.29, 0.717) is 11.0 Å². The van der Waals surface area contributed by atoms with E-state index < -0.39 is 0 Å². The molecular formula is C14H17FO. The molecular weight excluding hydrogens is 203 g/mol. The highest BCUT2D eigenvalue weighted by molar-refractivity contribution is 5.81. The first kappa shape index (κ1) is 11.2. The Labute approximate surface area is 95.3 Å². The zero-order valence-electron chi connectivity index (χ0n) is 9.63. The maximum Gasteiger partial charge on any atom is 0.137 e. The summed E-state index contributed by atoms with van der Waals surface area (Å²) in [5, 5.41) is 0.666. The minimum absolute atomic E-state index is 0.170. The second kappa shape index (κ2) is 5.15. The molecule has 1 aromatic carbocycles. The SMILES string of the molecule is CCCCCCc1coc2cccc(F)c12. The average Bonchev–Trinajstić information content (AvgIpc) is 2.69. The Kier molecular flexibility index (Phi) is 3.60. The van der Waals surface area contributed by atoms with Gasteiger partial charge in [0.05, 0.1) is 11.6 Å². The summed E-state index contributed by atoms with van der Waals surface area (Å²) >= 11 is 0. The van der Waals surface area contributed by atoms with Gasteiger partial charge in [0.1, 0.15) is 11.4 Å². The molecule has 0 fully saturated rings. The molecule has 0 saturated heterocycles. The van der Waals surface area contributed by atoms with Crippen LogP contribution in [0.15, 0.2) is 28.9 Å². The van der Waals surface area contributed by atoms with E-state index in [1.54, 1.807) is 12.3 Å². The van der Waals surface area contributed by atoms with Crippen molar-refractivity contribution in [2.24, 2.45) is 0 Å². The van der Waals surface area contributed by atoms with Crippen LogP contribution in [0.4, 0.5) is 4.39 Å².